The molecule has 0 saturated heterocycles. The fraction of sp³-hybridized carbons (Fsp3) is 0.500. The highest BCUT2D eigenvalue weighted by atomic mass is 32.2. The molecule has 0 fully saturated rings. The Labute approximate surface area is 81.9 Å². The van der Waals surface area contributed by atoms with Crippen molar-refractivity contribution in [3.8, 4) is 0 Å². The Morgan fingerprint density at radius 1 is 1.54 bits per heavy atom. The first-order chi connectivity index (χ1) is 6.24. The van der Waals surface area contributed by atoms with Gasteiger partial charge >= 0.3 is 0 Å². The first kappa shape index (κ1) is 10.3. The van der Waals surface area contributed by atoms with Crippen molar-refractivity contribution in [2.75, 3.05) is 19.5 Å². The maximum absolute atomic E-state index is 5.63. The second-order valence-corrected chi connectivity index (χ2v) is 4.06. The fourth-order valence-electron chi connectivity index (χ4n) is 0.886. The van der Waals surface area contributed by atoms with Crippen LogP contribution in [0.5, 0.6) is 0 Å². The Bertz CT molecular complexity index is 269. The average molecular weight is 199 g/mol. The van der Waals surface area contributed by atoms with Crippen LogP contribution in [-0.2, 0) is 4.74 Å². The predicted molar refractivity (Wildman–Crippen MR) is 53.6 cm³/mol. The van der Waals surface area contributed by atoms with Crippen molar-refractivity contribution in [3.05, 3.63) is 12.4 Å². The molecule has 1 aromatic rings. The van der Waals surface area contributed by atoms with Crippen LogP contribution in [0.1, 0.15) is 6.92 Å². The number of rotatable bonds is 4. The quantitative estimate of drug-likeness (QED) is 0.738. The van der Waals surface area contributed by atoms with Gasteiger partial charge in [0.25, 0.3) is 0 Å². The van der Waals surface area contributed by atoms with Crippen LogP contribution in [0.3, 0.4) is 0 Å². The predicted octanol–water partition coefficient (Wildman–Crippen LogP) is 1.19. The maximum atomic E-state index is 5.63. The number of methoxy groups -OCH3 is 1. The molecule has 0 aliphatic carbocycles. The zero-order chi connectivity index (χ0) is 9.68. The van der Waals surface area contributed by atoms with Gasteiger partial charge in [-0.15, -0.1) is 0 Å². The molecule has 1 unspecified atom stereocenters. The molecule has 0 radical (unpaired) electrons. The summed E-state index contributed by atoms with van der Waals surface area (Å²) in [5.74, 6) is 0.482. The number of hydrogen-bond acceptors (Lipinski definition) is 5. The number of nitrogens with two attached hydrogens (primary N) is 1. The summed E-state index contributed by atoms with van der Waals surface area (Å²) in [6.45, 7) is 2.74. The first-order valence-electron chi connectivity index (χ1n) is 3.96. The van der Waals surface area contributed by atoms with Gasteiger partial charge in [-0.25, -0.2) is 9.97 Å². The van der Waals surface area contributed by atoms with Crippen molar-refractivity contribution in [3.63, 3.8) is 0 Å². The highest BCUT2D eigenvalue weighted by molar-refractivity contribution is 8.00. The fourth-order valence-corrected chi connectivity index (χ4v) is 1.77. The molecular formula is C8H13N3OS. The molecule has 0 saturated carbocycles. The summed E-state index contributed by atoms with van der Waals surface area (Å²) in [5.41, 5.74) is 5.63. The third-order valence-corrected chi connectivity index (χ3v) is 2.48. The number of nitrogen functional groups attached to an aromatic ring is 1. The minimum Gasteiger partial charge on any atom is -0.384 e. The summed E-state index contributed by atoms with van der Waals surface area (Å²) < 4.78 is 5.01. The number of anilines is 1. The van der Waals surface area contributed by atoms with E-state index in [4.69, 9.17) is 10.5 Å². The molecule has 0 aliphatic rings. The average Bonchev–Trinajstić information content (AvgIpc) is 2.09. The zero-order valence-corrected chi connectivity index (χ0v) is 8.54. The molecule has 0 bridgehead atoms. The summed E-state index contributed by atoms with van der Waals surface area (Å²) in [6.07, 6.45) is 3.22. The van der Waals surface area contributed by atoms with Gasteiger partial charge in [-0.2, -0.15) is 0 Å². The van der Waals surface area contributed by atoms with Crippen LogP contribution in [-0.4, -0.2) is 28.9 Å². The van der Waals surface area contributed by atoms with E-state index in [9.17, 15) is 0 Å². The Hall–Kier alpha value is -0.810. The van der Waals surface area contributed by atoms with Gasteiger partial charge in [0.2, 0.25) is 0 Å². The summed E-state index contributed by atoms with van der Waals surface area (Å²) in [7, 11) is 1.68. The zero-order valence-electron chi connectivity index (χ0n) is 7.73. The summed E-state index contributed by atoms with van der Waals surface area (Å²) >= 11 is 1.57. The molecule has 1 rings (SSSR count). The van der Waals surface area contributed by atoms with E-state index in [1.807, 2.05) is 0 Å². The van der Waals surface area contributed by atoms with E-state index < -0.39 is 0 Å². The summed E-state index contributed by atoms with van der Waals surface area (Å²) in [6, 6.07) is 0. The van der Waals surface area contributed by atoms with Crippen molar-refractivity contribution < 1.29 is 4.74 Å². The normalized spacial score (nSPS) is 12.8. The van der Waals surface area contributed by atoms with E-state index in [-0.39, 0.29) is 0 Å². The summed E-state index contributed by atoms with van der Waals surface area (Å²) in [5, 5.41) is 1.11. The van der Waals surface area contributed by atoms with Crippen LogP contribution in [0.15, 0.2) is 17.4 Å². The van der Waals surface area contributed by atoms with Crippen LogP contribution < -0.4 is 5.73 Å². The largest absolute Gasteiger partial charge is 0.384 e. The van der Waals surface area contributed by atoms with Crippen LogP contribution in [0.4, 0.5) is 5.82 Å². The summed E-state index contributed by atoms with van der Waals surface area (Å²) in [4.78, 5) is 8.07. The minimum absolute atomic E-state index is 0.337. The molecule has 2 N–H and O–H groups in total. The maximum Gasteiger partial charge on any atom is 0.156 e. The van der Waals surface area contributed by atoms with Crippen molar-refractivity contribution in [2.45, 2.75) is 17.2 Å². The Morgan fingerprint density at radius 2 is 2.23 bits per heavy atom. The number of aromatic nitrogens is 2. The molecule has 0 aliphatic heterocycles. The second-order valence-electron chi connectivity index (χ2n) is 2.63. The van der Waals surface area contributed by atoms with Crippen molar-refractivity contribution in [2.24, 2.45) is 0 Å². The van der Waals surface area contributed by atoms with Crippen molar-refractivity contribution >= 4 is 17.6 Å². The molecule has 4 nitrogen and oxygen atoms in total. The molecule has 13 heavy (non-hydrogen) atoms. The van der Waals surface area contributed by atoms with E-state index in [1.54, 1.807) is 31.3 Å². The lowest BCUT2D eigenvalue weighted by atomic mass is 10.5. The van der Waals surface area contributed by atoms with Gasteiger partial charge in [0.05, 0.1) is 6.61 Å². The van der Waals surface area contributed by atoms with Crippen LogP contribution in [0.25, 0.3) is 0 Å². The Kier molecular flexibility index (Phi) is 3.98. The number of ether oxygens (including phenoxy) is 1. The number of thioether (sulfide) groups is 1. The van der Waals surface area contributed by atoms with Gasteiger partial charge in [-0.05, 0) is 0 Å². The number of nitrogens with zero attached hydrogens (tertiary/aromatic N) is 2. The molecule has 5 heteroatoms. The smallest absolute Gasteiger partial charge is 0.156 e. The van der Waals surface area contributed by atoms with Gasteiger partial charge in [-0.3, -0.25) is 0 Å². The van der Waals surface area contributed by atoms with E-state index >= 15 is 0 Å². The van der Waals surface area contributed by atoms with E-state index in [0.29, 0.717) is 17.7 Å². The molecule has 0 aromatic carbocycles. The standard InChI is InChI=1S/C8H13N3OS/c1-6(5-12-2)13-8-7(9)10-3-4-11-8/h3-4,6H,5H2,1-2H3,(H2,9,10). The van der Waals surface area contributed by atoms with Crippen LogP contribution in [0.2, 0.25) is 0 Å². The van der Waals surface area contributed by atoms with Gasteiger partial charge in [0.1, 0.15) is 5.03 Å². The third kappa shape index (κ3) is 3.20. The van der Waals surface area contributed by atoms with Crippen molar-refractivity contribution in [1.29, 1.82) is 0 Å². The highest BCUT2D eigenvalue weighted by Gasteiger charge is 2.07. The van der Waals surface area contributed by atoms with E-state index in [1.165, 1.54) is 0 Å². The lowest BCUT2D eigenvalue weighted by molar-refractivity contribution is 0.203. The highest BCUT2D eigenvalue weighted by Crippen LogP contribution is 2.24. The lowest BCUT2D eigenvalue weighted by Crippen LogP contribution is -2.06. The van der Waals surface area contributed by atoms with Gasteiger partial charge in [0.15, 0.2) is 5.82 Å². The molecule has 72 valence electrons. The molecule has 1 heterocycles. The lowest BCUT2D eigenvalue weighted by Gasteiger charge is -2.09. The third-order valence-electron chi connectivity index (χ3n) is 1.41. The second kappa shape index (κ2) is 5.04. The topological polar surface area (TPSA) is 61.0 Å². The molecule has 0 amide bonds. The Balaban J connectivity index is 2.58. The molecule has 1 aromatic heterocycles. The van der Waals surface area contributed by atoms with Crippen molar-refractivity contribution in [1.82, 2.24) is 9.97 Å². The van der Waals surface area contributed by atoms with Gasteiger partial charge < -0.3 is 10.5 Å². The molecule has 1 atom stereocenters. The van der Waals surface area contributed by atoms with Gasteiger partial charge in [-0.1, -0.05) is 18.7 Å². The van der Waals surface area contributed by atoms with Gasteiger partial charge in [0, 0.05) is 24.8 Å². The van der Waals surface area contributed by atoms with Crippen LogP contribution >= 0.6 is 11.8 Å². The minimum atomic E-state index is 0.337. The van der Waals surface area contributed by atoms with Crippen LogP contribution in [0, 0.1) is 0 Å². The SMILES string of the molecule is COCC(C)Sc1nccnc1N. The first-order valence-corrected chi connectivity index (χ1v) is 4.84. The molecule has 0 spiro atoms. The Morgan fingerprint density at radius 3 is 2.85 bits per heavy atom. The van der Waals surface area contributed by atoms with E-state index in [2.05, 4.69) is 16.9 Å². The molecular weight excluding hydrogens is 186 g/mol. The number of hydrogen-bond donors (Lipinski definition) is 1. The van der Waals surface area contributed by atoms with E-state index in [0.717, 1.165) is 5.03 Å². The monoisotopic (exact) mass is 199 g/mol.